The average molecular weight is 288 g/mol. The number of benzene rings is 1. The van der Waals surface area contributed by atoms with Gasteiger partial charge in [0.25, 0.3) is 0 Å². The Morgan fingerprint density at radius 1 is 1.14 bits per heavy atom. The Labute approximate surface area is 126 Å². The van der Waals surface area contributed by atoms with Crippen molar-refractivity contribution in [3.63, 3.8) is 0 Å². The Balaban J connectivity index is 1.47. The van der Waals surface area contributed by atoms with Crippen molar-refractivity contribution in [3.05, 3.63) is 30.3 Å². The predicted octanol–water partition coefficient (Wildman–Crippen LogP) is 2.06. The van der Waals surface area contributed by atoms with Gasteiger partial charge in [0.1, 0.15) is 11.9 Å². The molecule has 3 rings (SSSR count). The van der Waals surface area contributed by atoms with E-state index in [2.05, 4.69) is 5.32 Å². The summed E-state index contributed by atoms with van der Waals surface area (Å²) in [4.78, 5) is 14.5. The number of hydrogen-bond donors (Lipinski definition) is 1. The topological polar surface area (TPSA) is 41.6 Å². The Morgan fingerprint density at radius 3 is 2.57 bits per heavy atom. The zero-order chi connectivity index (χ0) is 14.5. The van der Waals surface area contributed by atoms with Gasteiger partial charge in [0, 0.05) is 32.5 Å². The maximum absolute atomic E-state index is 12.5. The molecule has 0 unspecified atom stereocenters. The van der Waals surface area contributed by atoms with Gasteiger partial charge in [-0.3, -0.25) is 4.79 Å². The van der Waals surface area contributed by atoms with Gasteiger partial charge in [0.05, 0.1) is 5.92 Å². The summed E-state index contributed by atoms with van der Waals surface area (Å²) in [5.41, 5.74) is 0. The highest BCUT2D eigenvalue weighted by Crippen LogP contribution is 2.21. The standard InChI is InChI=1S/C17H24N2O2/c20-17(14-5-4-10-18-13-14)19-11-8-16(9-12-19)21-15-6-2-1-3-7-15/h1-3,6-7,14,16,18H,4-5,8-13H2/t14-/m0/s1. The van der Waals surface area contributed by atoms with Crippen molar-refractivity contribution in [1.82, 2.24) is 10.2 Å². The molecule has 1 N–H and O–H groups in total. The quantitative estimate of drug-likeness (QED) is 0.925. The molecule has 2 aliphatic heterocycles. The average Bonchev–Trinajstić information content (AvgIpc) is 2.57. The van der Waals surface area contributed by atoms with Crippen LogP contribution in [0, 0.1) is 5.92 Å². The lowest BCUT2D eigenvalue weighted by molar-refractivity contribution is -0.137. The number of ether oxygens (including phenoxy) is 1. The second-order valence-electron chi connectivity index (χ2n) is 6.00. The highest BCUT2D eigenvalue weighted by Gasteiger charge is 2.29. The summed E-state index contributed by atoms with van der Waals surface area (Å²) >= 11 is 0. The van der Waals surface area contributed by atoms with Gasteiger partial charge in [-0.2, -0.15) is 0 Å². The largest absolute Gasteiger partial charge is 0.490 e. The molecule has 4 nitrogen and oxygen atoms in total. The van der Waals surface area contributed by atoms with E-state index >= 15 is 0 Å². The monoisotopic (exact) mass is 288 g/mol. The van der Waals surface area contributed by atoms with Crippen LogP contribution in [0.4, 0.5) is 0 Å². The molecule has 2 heterocycles. The Bertz CT molecular complexity index is 449. The first-order valence-corrected chi connectivity index (χ1v) is 8.04. The fraction of sp³-hybridized carbons (Fsp3) is 0.588. The second-order valence-corrected chi connectivity index (χ2v) is 6.00. The van der Waals surface area contributed by atoms with Crippen LogP contribution in [0.25, 0.3) is 0 Å². The van der Waals surface area contributed by atoms with Crippen LogP contribution in [0.15, 0.2) is 30.3 Å². The van der Waals surface area contributed by atoms with Gasteiger partial charge in [-0.15, -0.1) is 0 Å². The van der Waals surface area contributed by atoms with Crippen molar-refractivity contribution >= 4 is 5.91 Å². The van der Waals surface area contributed by atoms with Crippen LogP contribution in [0.3, 0.4) is 0 Å². The molecule has 0 aliphatic carbocycles. The molecule has 1 aromatic carbocycles. The van der Waals surface area contributed by atoms with E-state index in [-0.39, 0.29) is 12.0 Å². The molecule has 21 heavy (non-hydrogen) atoms. The predicted molar refractivity (Wildman–Crippen MR) is 82.3 cm³/mol. The zero-order valence-corrected chi connectivity index (χ0v) is 12.5. The van der Waals surface area contributed by atoms with Crippen LogP contribution < -0.4 is 10.1 Å². The van der Waals surface area contributed by atoms with E-state index in [9.17, 15) is 4.79 Å². The van der Waals surface area contributed by atoms with Crippen LogP contribution in [-0.4, -0.2) is 43.1 Å². The van der Waals surface area contributed by atoms with Gasteiger partial charge in [-0.1, -0.05) is 18.2 Å². The normalized spacial score (nSPS) is 23.8. The minimum absolute atomic E-state index is 0.186. The van der Waals surface area contributed by atoms with E-state index in [0.717, 1.165) is 57.6 Å². The minimum Gasteiger partial charge on any atom is -0.490 e. The number of amides is 1. The van der Waals surface area contributed by atoms with E-state index in [1.165, 1.54) is 0 Å². The number of carbonyl (C=O) groups excluding carboxylic acids is 1. The molecule has 4 heteroatoms. The molecular formula is C17H24N2O2. The number of likely N-dealkylation sites (tertiary alicyclic amines) is 1. The number of hydrogen-bond acceptors (Lipinski definition) is 3. The fourth-order valence-corrected chi connectivity index (χ4v) is 3.21. The first-order valence-electron chi connectivity index (χ1n) is 8.04. The van der Waals surface area contributed by atoms with Gasteiger partial charge in [-0.05, 0) is 31.5 Å². The molecule has 0 spiro atoms. The van der Waals surface area contributed by atoms with Gasteiger partial charge in [0.15, 0.2) is 0 Å². The molecule has 0 saturated carbocycles. The molecule has 0 bridgehead atoms. The van der Waals surface area contributed by atoms with Crippen molar-refractivity contribution < 1.29 is 9.53 Å². The highest BCUT2D eigenvalue weighted by atomic mass is 16.5. The third kappa shape index (κ3) is 3.76. The minimum atomic E-state index is 0.186. The van der Waals surface area contributed by atoms with Crippen LogP contribution in [0.5, 0.6) is 5.75 Å². The Kier molecular flexibility index (Phi) is 4.76. The van der Waals surface area contributed by atoms with Crippen molar-refractivity contribution in [1.29, 1.82) is 0 Å². The summed E-state index contributed by atoms with van der Waals surface area (Å²) < 4.78 is 5.98. The van der Waals surface area contributed by atoms with Crippen molar-refractivity contribution in [2.45, 2.75) is 31.8 Å². The number of carbonyl (C=O) groups is 1. The first-order chi connectivity index (χ1) is 10.3. The highest BCUT2D eigenvalue weighted by molar-refractivity contribution is 5.79. The number of nitrogens with one attached hydrogen (secondary N) is 1. The molecule has 2 saturated heterocycles. The van der Waals surface area contributed by atoms with Crippen molar-refractivity contribution in [3.8, 4) is 5.75 Å². The van der Waals surface area contributed by atoms with E-state index in [1.807, 2.05) is 35.2 Å². The number of piperidine rings is 2. The first kappa shape index (κ1) is 14.4. The summed E-state index contributed by atoms with van der Waals surface area (Å²) in [5.74, 6) is 1.45. The molecule has 1 aromatic rings. The van der Waals surface area contributed by atoms with Gasteiger partial charge in [0.2, 0.25) is 5.91 Å². The number of nitrogens with zero attached hydrogens (tertiary/aromatic N) is 1. The molecule has 2 aliphatic rings. The molecule has 0 radical (unpaired) electrons. The fourth-order valence-electron chi connectivity index (χ4n) is 3.21. The number of para-hydroxylation sites is 1. The lowest BCUT2D eigenvalue weighted by atomic mass is 9.96. The molecule has 2 fully saturated rings. The van der Waals surface area contributed by atoms with Gasteiger partial charge >= 0.3 is 0 Å². The molecule has 1 amide bonds. The SMILES string of the molecule is O=C([C@H]1CCCNC1)N1CCC(Oc2ccccc2)CC1. The lowest BCUT2D eigenvalue weighted by Gasteiger charge is -2.35. The summed E-state index contributed by atoms with van der Waals surface area (Å²) in [6.07, 6.45) is 4.25. The van der Waals surface area contributed by atoms with Crippen molar-refractivity contribution in [2.24, 2.45) is 5.92 Å². The lowest BCUT2D eigenvalue weighted by Crippen LogP contribution is -2.47. The third-order valence-electron chi connectivity index (χ3n) is 4.45. The smallest absolute Gasteiger partial charge is 0.226 e. The summed E-state index contributed by atoms with van der Waals surface area (Å²) in [5, 5.41) is 3.32. The van der Waals surface area contributed by atoms with E-state index < -0.39 is 0 Å². The molecular weight excluding hydrogens is 264 g/mol. The van der Waals surface area contributed by atoms with Crippen LogP contribution in [-0.2, 0) is 4.79 Å². The van der Waals surface area contributed by atoms with Crippen molar-refractivity contribution in [2.75, 3.05) is 26.2 Å². The van der Waals surface area contributed by atoms with Crippen LogP contribution in [0.1, 0.15) is 25.7 Å². The van der Waals surface area contributed by atoms with E-state index in [0.29, 0.717) is 5.91 Å². The Hall–Kier alpha value is -1.55. The summed E-state index contributed by atoms with van der Waals surface area (Å²) in [6, 6.07) is 9.96. The van der Waals surface area contributed by atoms with Crippen LogP contribution in [0.2, 0.25) is 0 Å². The summed E-state index contributed by atoms with van der Waals surface area (Å²) in [6.45, 7) is 3.55. The summed E-state index contributed by atoms with van der Waals surface area (Å²) in [7, 11) is 0. The zero-order valence-electron chi connectivity index (χ0n) is 12.5. The third-order valence-corrected chi connectivity index (χ3v) is 4.45. The Morgan fingerprint density at radius 2 is 1.90 bits per heavy atom. The van der Waals surface area contributed by atoms with Gasteiger partial charge < -0.3 is 15.0 Å². The molecule has 0 aromatic heterocycles. The van der Waals surface area contributed by atoms with Gasteiger partial charge in [-0.25, -0.2) is 0 Å². The van der Waals surface area contributed by atoms with E-state index in [1.54, 1.807) is 0 Å². The maximum atomic E-state index is 12.5. The number of rotatable bonds is 3. The molecule has 1 atom stereocenters. The maximum Gasteiger partial charge on any atom is 0.226 e. The molecule has 114 valence electrons. The second kappa shape index (κ2) is 6.94. The van der Waals surface area contributed by atoms with E-state index in [4.69, 9.17) is 4.74 Å². The van der Waals surface area contributed by atoms with Crippen LogP contribution >= 0.6 is 0 Å².